The molecule has 0 spiro atoms. The van der Waals surface area contributed by atoms with Crippen molar-refractivity contribution in [1.29, 1.82) is 0 Å². The molecule has 0 saturated carbocycles. The zero-order chi connectivity index (χ0) is 53.5. The molecule has 0 aromatic heterocycles. The quantitative estimate of drug-likeness (QED) is 0.0299. The van der Waals surface area contributed by atoms with Gasteiger partial charge in [-0.2, -0.15) is 5.41 Å². The maximum atomic E-state index is 13.6. The Kier molecular flexibility index (Phi) is 24.2. The number of hydrogen-bond donors (Lipinski definition) is 6. The van der Waals surface area contributed by atoms with E-state index in [1.54, 1.807) is 0 Å². The van der Waals surface area contributed by atoms with E-state index in [1.807, 2.05) is 25.1 Å². The van der Waals surface area contributed by atoms with E-state index in [9.17, 15) is 37.4 Å². The Labute approximate surface area is 446 Å². The summed E-state index contributed by atoms with van der Waals surface area (Å²) in [5.41, 5.74) is 3.54. The molecule has 0 fully saturated rings. The third-order valence-corrected chi connectivity index (χ3v) is 12.2. The summed E-state index contributed by atoms with van der Waals surface area (Å²) in [6, 6.07) is 17.2. The van der Waals surface area contributed by atoms with E-state index in [-0.39, 0.29) is 48.6 Å². The van der Waals surface area contributed by atoms with Gasteiger partial charge in [0, 0.05) is 77.7 Å². The molecule has 2 heterocycles. The first-order valence-corrected chi connectivity index (χ1v) is 28.6. The summed E-state index contributed by atoms with van der Waals surface area (Å²) in [6.45, 7) is 24.9. The summed E-state index contributed by atoms with van der Waals surface area (Å²) >= 11 is 3.09. The molecule has 10 nitrogen and oxygen atoms in total. The van der Waals surface area contributed by atoms with Crippen molar-refractivity contribution in [2.45, 2.75) is 137 Å². The van der Waals surface area contributed by atoms with Crippen LogP contribution in [0.2, 0.25) is 0 Å². The Hall–Kier alpha value is -3.38. The number of carbonyl (C=O) groups is 2. The van der Waals surface area contributed by atoms with Gasteiger partial charge >= 0.3 is 27.0 Å². The van der Waals surface area contributed by atoms with Crippen LogP contribution in [0.3, 0.4) is 0 Å². The van der Waals surface area contributed by atoms with Crippen LogP contribution in [0.4, 0.5) is 17.6 Å². The van der Waals surface area contributed by atoms with Crippen LogP contribution in [0.15, 0.2) is 72.8 Å². The number of rotatable bonds is 15. The number of nitrogens with one attached hydrogen (secondary N) is 4. The van der Waals surface area contributed by atoms with Gasteiger partial charge in [-0.15, -0.1) is 0 Å². The number of carbonyl (C=O) groups excluding carboxylic acids is 2. The second-order valence-electron chi connectivity index (χ2n) is 21.1. The molecule has 4 aromatic rings. The Morgan fingerprint density at radius 1 is 0.676 bits per heavy atom. The molecule has 4 aromatic carbocycles. The van der Waals surface area contributed by atoms with Gasteiger partial charge in [-0.05, 0) is 126 Å². The fourth-order valence-electron chi connectivity index (χ4n) is 8.28. The number of aliphatic hydroxyl groups is 2. The van der Waals surface area contributed by atoms with Gasteiger partial charge < -0.3 is 47.9 Å². The summed E-state index contributed by atoms with van der Waals surface area (Å²) in [7, 11) is 4.76. The van der Waals surface area contributed by atoms with Gasteiger partial charge in [-0.1, -0.05) is 53.7 Å². The van der Waals surface area contributed by atoms with Gasteiger partial charge in [-0.3, -0.25) is 9.59 Å². The van der Waals surface area contributed by atoms with Crippen LogP contribution < -0.4 is 30.7 Å². The molecular weight excluding hydrogens is 1100 g/mol. The molecule has 6 rings (SSSR count). The Bertz CT molecular complexity index is 2330. The summed E-state index contributed by atoms with van der Waals surface area (Å²) in [5.74, 6) is -1.80. The third kappa shape index (κ3) is 21.6. The molecule has 0 aliphatic carbocycles. The van der Waals surface area contributed by atoms with Crippen LogP contribution in [0, 0.1) is 44.6 Å². The average molecular weight is 1180 g/mol. The van der Waals surface area contributed by atoms with Crippen molar-refractivity contribution in [1.82, 2.24) is 21.3 Å². The first-order chi connectivity index (χ1) is 33.0. The molecule has 2 aliphatic rings. The zero-order valence-corrected chi connectivity index (χ0v) is 48.7. The number of aliphatic hydroxyl groups excluding tert-OH is 2. The van der Waals surface area contributed by atoms with Crippen LogP contribution in [-0.2, 0) is 57.2 Å². The summed E-state index contributed by atoms with van der Waals surface area (Å²) in [4.78, 5) is 23.4. The summed E-state index contributed by atoms with van der Waals surface area (Å²) in [6.07, 6.45) is 0.614. The first kappa shape index (κ1) is 61.9. The van der Waals surface area contributed by atoms with Crippen molar-refractivity contribution in [2.75, 3.05) is 26.3 Å². The Morgan fingerprint density at radius 2 is 1.04 bits per heavy atom. The van der Waals surface area contributed by atoms with Crippen LogP contribution in [0.5, 0.6) is 11.5 Å². The average Bonchev–Trinajstić information content (AvgIpc) is 3.24. The normalized spacial score (nSPS) is 18.8. The minimum atomic E-state index is -0.976. The van der Waals surface area contributed by atoms with E-state index in [4.69, 9.17) is 19.2 Å². The molecule has 6 atom stereocenters. The van der Waals surface area contributed by atoms with Crippen molar-refractivity contribution in [3.8, 4) is 11.5 Å². The van der Waals surface area contributed by atoms with Crippen molar-refractivity contribution >= 4 is 44.1 Å². The Balaban J connectivity index is 0.000000334. The third-order valence-electron chi connectivity index (χ3n) is 11.5. The number of fused-ring (bicyclic) bond motifs is 2. The minimum absolute atomic E-state index is 0.100. The van der Waals surface area contributed by atoms with E-state index >= 15 is 0 Å². The van der Waals surface area contributed by atoms with Gasteiger partial charge in [0.1, 0.15) is 34.8 Å². The molecule has 2 amide bonds. The monoisotopic (exact) mass is 1170 g/mol. The van der Waals surface area contributed by atoms with Gasteiger partial charge in [0.15, 0.2) is 0 Å². The van der Waals surface area contributed by atoms with Gasteiger partial charge in [0.05, 0.1) is 37.5 Å². The van der Waals surface area contributed by atoms with Gasteiger partial charge in [0.25, 0.3) is 0 Å². The summed E-state index contributed by atoms with van der Waals surface area (Å²) < 4.78 is 67.1. The molecule has 6 N–H and O–H groups in total. The fourth-order valence-corrected chi connectivity index (χ4v) is 8.77. The molecule has 71 heavy (non-hydrogen) atoms. The molecule has 2 aliphatic heterocycles. The molecule has 4 unspecified atom stereocenters. The van der Waals surface area contributed by atoms with E-state index in [0.717, 1.165) is 62.1 Å². The number of halogens is 6. The van der Waals surface area contributed by atoms with E-state index in [1.165, 1.54) is 43.7 Å². The van der Waals surface area contributed by atoms with Crippen molar-refractivity contribution in [2.24, 2.45) is 10.8 Å². The number of benzene rings is 4. The second kappa shape index (κ2) is 27.8. The second-order valence-corrected chi connectivity index (χ2v) is 22.4. The van der Waals surface area contributed by atoms with Crippen molar-refractivity contribution in [3.63, 3.8) is 0 Å². The van der Waals surface area contributed by atoms with E-state index in [0.29, 0.717) is 37.2 Å². The van der Waals surface area contributed by atoms with Gasteiger partial charge in [-0.25, -0.2) is 17.6 Å². The first-order valence-electron chi connectivity index (χ1n) is 23.6. The predicted octanol–water partition coefficient (Wildman–Crippen LogP) is 10.1. The van der Waals surface area contributed by atoms with Crippen LogP contribution in [0.1, 0.15) is 110 Å². The van der Waals surface area contributed by atoms with E-state index in [2.05, 4.69) is 117 Å². The van der Waals surface area contributed by atoms with Crippen molar-refractivity contribution in [3.05, 3.63) is 134 Å². The topological polar surface area (TPSA) is 141 Å². The SMILES string of the molecule is CC(=O)NC(Cc1cc(F)cc(F)c1)[C@H](O)CNC1(C)CCOc2ccc(CC(C)(C)C)cc21.CC(=O)NC(Cc1cc(F)cc(F)c1)[C@H](O)CNC1(C)CCOc2ccc(I)cc21.[CH2-]C(C)(C)C.[Cl][Zn+]. The van der Waals surface area contributed by atoms with Crippen LogP contribution in [-0.4, -0.2) is 72.6 Å². The molecule has 0 bridgehead atoms. The molecular formula is C54H72ClF4IN4O6Zn. The number of ether oxygens (including phenoxy) is 2. The van der Waals surface area contributed by atoms with Crippen LogP contribution in [0.25, 0.3) is 0 Å². The molecule has 17 heteroatoms. The van der Waals surface area contributed by atoms with E-state index < -0.39 is 58.6 Å². The standard InChI is InChI=1S/C27H36F2N2O3.C22H25F2IN2O3.C5H11.ClH.Zn/c1-17(32)31-23(13-19-10-20(28)14-21(29)11-19)24(33)16-30-27(5)8-9-34-25-7-6-18(12-22(25)27)15-26(2,3)4;1-13(28)27-19(9-14-7-15(23)10-16(24)8-14)20(29)12-26-22(2)5-6-30-21-4-3-17(25)11-18(21)22;1-5(2,3)4;;/h6-7,10-12,14,23-24,30,33H,8-9,13,15-16H2,1-5H3,(H,31,32);3-4,7-8,10-11,19-20,26,29H,5-6,9,12H2,1-2H3,(H,27,28);1H2,2-4H3;1H;/q;;-1;;+2/p-1/t23?,24-,27?;19?,20-,22?;;;/m11.../s1. The van der Waals surface area contributed by atoms with Crippen molar-refractivity contribution < 1.29 is 64.1 Å². The zero-order valence-electron chi connectivity index (χ0n) is 42.8. The molecule has 0 radical (unpaired) electrons. The fraction of sp³-hybridized carbons (Fsp3) is 0.500. The number of hydrogen-bond acceptors (Lipinski definition) is 8. The maximum absolute atomic E-state index is 13.6. The molecule has 0 saturated heterocycles. The number of amides is 2. The predicted molar refractivity (Wildman–Crippen MR) is 278 cm³/mol. The van der Waals surface area contributed by atoms with Gasteiger partial charge in [0.2, 0.25) is 11.8 Å². The Morgan fingerprint density at radius 3 is 1.41 bits per heavy atom. The molecule has 388 valence electrons. The summed E-state index contributed by atoms with van der Waals surface area (Å²) in [5, 5.41) is 34.1. The van der Waals surface area contributed by atoms with Crippen LogP contribution >= 0.6 is 32.3 Å².